The third kappa shape index (κ3) is 8.86. The number of hydrogen-bond acceptors (Lipinski definition) is 2. The fourth-order valence-corrected chi connectivity index (χ4v) is 2.46. The molecule has 1 aliphatic rings. The van der Waals surface area contributed by atoms with Gasteiger partial charge < -0.3 is 10.6 Å². The first kappa shape index (κ1) is 21.0. The SMILES string of the molecule is CCNC(=NCC(C)C)NCC(C)N1CCC(C)CC1.I. The first-order valence-electron chi connectivity index (χ1n) is 8.29. The van der Waals surface area contributed by atoms with Gasteiger partial charge in [0.05, 0.1) is 0 Å². The van der Waals surface area contributed by atoms with Crippen LogP contribution in [0.3, 0.4) is 0 Å². The molecule has 0 saturated carbocycles. The van der Waals surface area contributed by atoms with E-state index in [0.717, 1.165) is 31.5 Å². The summed E-state index contributed by atoms with van der Waals surface area (Å²) in [5.74, 6) is 2.46. The van der Waals surface area contributed by atoms with Crippen molar-refractivity contribution < 1.29 is 0 Å². The topological polar surface area (TPSA) is 39.7 Å². The lowest BCUT2D eigenvalue weighted by molar-refractivity contribution is 0.147. The summed E-state index contributed by atoms with van der Waals surface area (Å²) in [7, 11) is 0. The lowest BCUT2D eigenvalue weighted by Gasteiger charge is -2.35. The van der Waals surface area contributed by atoms with E-state index >= 15 is 0 Å². The molecular weight excluding hydrogens is 375 g/mol. The summed E-state index contributed by atoms with van der Waals surface area (Å²) in [5.41, 5.74) is 0. The van der Waals surface area contributed by atoms with Crippen molar-refractivity contribution in [2.45, 2.75) is 53.5 Å². The van der Waals surface area contributed by atoms with E-state index in [-0.39, 0.29) is 24.0 Å². The van der Waals surface area contributed by atoms with Gasteiger partial charge in [-0.1, -0.05) is 20.8 Å². The van der Waals surface area contributed by atoms with Gasteiger partial charge in [-0.2, -0.15) is 0 Å². The first-order valence-corrected chi connectivity index (χ1v) is 8.29. The maximum absolute atomic E-state index is 4.62. The molecule has 21 heavy (non-hydrogen) atoms. The van der Waals surface area contributed by atoms with Gasteiger partial charge in [-0.25, -0.2) is 0 Å². The average molecular weight is 410 g/mol. The van der Waals surface area contributed by atoms with Crippen LogP contribution in [-0.4, -0.2) is 49.6 Å². The van der Waals surface area contributed by atoms with Crippen LogP contribution in [0.5, 0.6) is 0 Å². The van der Waals surface area contributed by atoms with Crippen molar-refractivity contribution in [1.29, 1.82) is 0 Å². The van der Waals surface area contributed by atoms with E-state index in [4.69, 9.17) is 0 Å². The molecule has 2 N–H and O–H groups in total. The molecular formula is C16H35IN4. The third-order valence-corrected chi connectivity index (χ3v) is 3.97. The normalized spacial score (nSPS) is 19.2. The maximum atomic E-state index is 4.62. The van der Waals surface area contributed by atoms with E-state index in [2.05, 4.69) is 55.1 Å². The lowest BCUT2D eigenvalue weighted by atomic mass is 9.98. The zero-order chi connectivity index (χ0) is 15.0. The molecule has 1 heterocycles. The smallest absolute Gasteiger partial charge is 0.191 e. The van der Waals surface area contributed by atoms with Crippen LogP contribution in [0.15, 0.2) is 4.99 Å². The minimum Gasteiger partial charge on any atom is -0.357 e. The third-order valence-electron chi connectivity index (χ3n) is 3.97. The molecule has 0 aromatic carbocycles. The van der Waals surface area contributed by atoms with Crippen molar-refractivity contribution in [3.63, 3.8) is 0 Å². The molecule has 1 fully saturated rings. The molecule has 1 aliphatic heterocycles. The van der Waals surface area contributed by atoms with Crippen molar-refractivity contribution in [3.05, 3.63) is 0 Å². The molecule has 1 rings (SSSR count). The molecule has 1 saturated heterocycles. The summed E-state index contributed by atoms with van der Waals surface area (Å²) < 4.78 is 0. The second-order valence-electron chi connectivity index (χ2n) is 6.56. The number of likely N-dealkylation sites (tertiary alicyclic amines) is 1. The molecule has 0 amide bonds. The largest absolute Gasteiger partial charge is 0.357 e. The fourth-order valence-electron chi connectivity index (χ4n) is 2.46. The van der Waals surface area contributed by atoms with Crippen molar-refractivity contribution in [2.24, 2.45) is 16.8 Å². The lowest BCUT2D eigenvalue weighted by Crippen LogP contribution is -2.48. The van der Waals surface area contributed by atoms with E-state index < -0.39 is 0 Å². The Morgan fingerprint density at radius 3 is 2.33 bits per heavy atom. The van der Waals surface area contributed by atoms with Crippen LogP contribution in [0.25, 0.3) is 0 Å². The monoisotopic (exact) mass is 410 g/mol. The molecule has 0 spiro atoms. The summed E-state index contributed by atoms with van der Waals surface area (Å²) in [6.45, 7) is 16.4. The molecule has 0 radical (unpaired) electrons. The van der Waals surface area contributed by atoms with Gasteiger partial charge in [-0.15, -0.1) is 24.0 Å². The van der Waals surface area contributed by atoms with Gasteiger partial charge in [0.1, 0.15) is 0 Å². The number of nitrogens with one attached hydrogen (secondary N) is 2. The maximum Gasteiger partial charge on any atom is 0.191 e. The highest BCUT2D eigenvalue weighted by molar-refractivity contribution is 14.0. The summed E-state index contributed by atoms with van der Waals surface area (Å²) in [4.78, 5) is 7.21. The number of nitrogens with zero attached hydrogens (tertiary/aromatic N) is 2. The first-order chi connectivity index (χ1) is 9.52. The molecule has 4 nitrogen and oxygen atoms in total. The highest BCUT2D eigenvalue weighted by Gasteiger charge is 2.20. The van der Waals surface area contributed by atoms with Crippen LogP contribution in [0.2, 0.25) is 0 Å². The second-order valence-corrected chi connectivity index (χ2v) is 6.56. The predicted octanol–water partition coefficient (Wildman–Crippen LogP) is 2.94. The average Bonchev–Trinajstić information content (AvgIpc) is 2.42. The van der Waals surface area contributed by atoms with Crippen LogP contribution in [-0.2, 0) is 0 Å². The van der Waals surface area contributed by atoms with Crippen molar-refractivity contribution >= 4 is 29.9 Å². The second kappa shape index (κ2) is 11.5. The van der Waals surface area contributed by atoms with Crippen molar-refractivity contribution in [1.82, 2.24) is 15.5 Å². The Morgan fingerprint density at radius 2 is 1.81 bits per heavy atom. The van der Waals surface area contributed by atoms with Gasteiger partial charge in [-0.3, -0.25) is 9.89 Å². The Morgan fingerprint density at radius 1 is 1.19 bits per heavy atom. The number of rotatable bonds is 6. The number of halogens is 1. The molecule has 0 aromatic heterocycles. The van der Waals surface area contributed by atoms with E-state index in [1.54, 1.807) is 0 Å². The van der Waals surface area contributed by atoms with Crippen LogP contribution in [0, 0.1) is 11.8 Å². The Kier molecular flexibility index (Phi) is 11.5. The van der Waals surface area contributed by atoms with Crippen LogP contribution >= 0.6 is 24.0 Å². The van der Waals surface area contributed by atoms with Gasteiger partial charge in [0.15, 0.2) is 5.96 Å². The Bertz CT molecular complexity index is 286. The minimum absolute atomic E-state index is 0. The molecule has 0 aliphatic carbocycles. The molecule has 126 valence electrons. The Hall–Kier alpha value is -0.0400. The quantitative estimate of drug-likeness (QED) is 0.402. The highest BCUT2D eigenvalue weighted by Crippen LogP contribution is 2.17. The molecule has 5 heteroatoms. The van der Waals surface area contributed by atoms with Crippen LogP contribution in [0.1, 0.15) is 47.5 Å². The Balaban J connectivity index is 0.00000400. The summed E-state index contributed by atoms with van der Waals surface area (Å²) >= 11 is 0. The summed E-state index contributed by atoms with van der Waals surface area (Å²) in [6.07, 6.45) is 2.68. The summed E-state index contributed by atoms with van der Waals surface area (Å²) in [6, 6.07) is 0.574. The summed E-state index contributed by atoms with van der Waals surface area (Å²) in [5, 5.41) is 6.81. The zero-order valence-corrected chi connectivity index (χ0v) is 16.8. The highest BCUT2D eigenvalue weighted by atomic mass is 127. The van der Waals surface area contributed by atoms with Crippen molar-refractivity contribution in [2.75, 3.05) is 32.7 Å². The number of piperidine rings is 1. The number of hydrogen-bond donors (Lipinski definition) is 2. The van der Waals surface area contributed by atoms with Gasteiger partial charge in [-0.05, 0) is 51.6 Å². The Labute approximate surface area is 148 Å². The van der Waals surface area contributed by atoms with E-state index in [1.165, 1.54) is 25.9 Å². The van der Waals surface area contributed by atoms with E-state index in [9.17, 15) is 0 Å². The minimum atomic E-state index is 0. The van der Waals surface area contributed by atoms with Gasteiger partial charge in [0, 0.05) is 25.7 Å². The standard InChI is InChI=1S/C16H34N4.HI/c1-6-17-16(18-11-13(2)3)19-12-15(5)20-9-7-14(4)8-10-20;/h13-15H,6-12H2,1-5H3,(H2,17,18,19);1H. The van der Waals surface area contributed by atoms with Crippen LogP contribution in [0.4, 0.5) is 0 Å². The van der Waals surface area contributed by atoms with E-state index in [1.807, 2.05) is 0 Å². The predicted molar refractivity (Wildman–Crippen MR) is 104 cm³/mol. The van der Waals surface area contributed by atoms with Crippen molar-refractivity contribution in [3.8, 4) is 0 Å². The molecule has 0 bridgehead atoms. The number of aliphatic imine (C=N–C) groups is 1. The van der Waals surface area contributed by atoms with Gasteiger partial charge in [0.25, 0.3) is 0 Å². The molecule has 0 aromatic rings. The fraction of sp³-hybridized carbons (Fsp3) is 0.938. The number of guanidine groups is 1. The zero-order valence-electron chi connectivity index (χ0n) is 14.5. The van der Waals surface area contributed by atoms with Gasteiger partial charge in [0.2, 0.25) is 0 Å². The van der Waals surface area contributed by atoms with Gasteiger partial charge >= 0.3 is 0 Å². The molecule has 1 atom stereocenters. The van der Waals surface area contributed by atoms with E-state index in [0.29, 0.717) is 12.0 Å². The van der Waals surface area contributed by atoms with Crippen LogP contribution < -0.4 is 10.6 Å². The molecule has 1 unspecified atom stereocenters.